The van der Waals surface area contributed by atoms with Crippen molar-refractivity contribution in [3.63, 3.8) is 0 Å². The number of thiophene rings is 1. The monoisotopic (exact) mass is 396 g/mol. The summed E-state index contributed by atoms with van der Waals surface area (Å²) in [6.07, 6.45) is 0. The van der Waals surface area contributed by atoms with Gasteiger partial charge in [0.1, 0.15) is 16.8 Å². The Bertz CT molecular complexity index is 1000. The fourth-order valence-corrected chi connectivity index (χ4v) is 3.16. The van der Waals surface area contributed by atoms with Crippen molar-refractivity contribution in [3.8, 4) is 11.8 Å². The van der Waals surface area contributed by atoms with Crippen molar-refractivity contribution < 1.29 is 14.3 Å². The molecule has 0 unspecified atom stereocenters. The Labute approximate surface area is 164 Å². The summed E-state index contributed by atoms with van der Waals surface area (Å²) in [6.45, 7) is -0.201. The second-order valence-electron chi connectivity index (χ2n) is 5.47. The van der Waals surface area contributed by atoms with Gasteiger partial charge in [0.2, 0.25) is 0 Å². The number of nitrogens with zero attached hydrogens (tertiary/aromatic N) is 1. The van der Waals surface area contributed by atoms with E-state index in [9.17, 15) is 9.59 Å². The lowest BCUT2D eigenvalue weighted by Gasteiger charge is -2.07. The summed E-state index contributed by atoms with van der Waals surface area (Å²) in [7, 11) is 0. The zero-order valence-electron chi connectivity index (χ0n) is 13.9. The molecule has 0 fully saturated rings. The number of hydrogen-bond donors (Lipinski definition) is 1. The molecule has 0 spiro atoms. The van der Waals surface area contributed by atoms with E-state index in [0.717, 1.165) is 0 Å². The van der Waals surface area contributed by atoms with Gasteiger partial charge in [0, 0.05) is 16.1 Å². The van der Waals surface area contributed by atoms with Crippen LogP contribution in [-0.4, -0.2) is 18.3 Å². The number of anilines is 1. The largest absolute Gasteiger partial charge is 0.484 e. The molecule has 0 aliphatic heterocycles. The van der Waals surface area contributed by atoms with Crippen LogP contribution in [0, 0.1) is 11.3 Å². The summed E-state index contributed by atoms with van der Waals surface area (Å²) in [5.74, 6) is -0.0301. The minimum Gasteiger partial charge on any atom is -0.484 e. The lowest BCUT2D eigenvalue weighted by Crippen LogP contribution is -2.20. The molecule has 1 aromatic heterocycles. The number of amides is 1. The Morgan fingerprint density at radius 3 is 2.30 bits per heavy atom. The first-order valence-corrected chi connectivity index (χ1v) is 9.13. The van der Waals surface area contributed by atoms with Gasteiger partial charge < -0.3 is 10.1 Å². The zero-order valence-corrected chi connectivity index (χ0v) is 15.5. The predicted molar refractivity (Wildman–Crippen MR) is 104 cm³/mol. The Kier molecular flexibility index (Phi) is 5.87. The fourth-order valence-electron chi connectivity index (χ4n) is 2.28. The van der Waals surface area contributed by atoms with E-state index in [1.165, 1.54) is 11.3 Å². The Morgan fingerprint density at radius 2 is 1.67 bits per heavy atom. The van der Waals surface area contributed by atoms with Crippen molar-refractivity contribution in [3.05, 3.63) is 81.7 Å². The van der Waals surface area contributed by atoms with E-state index < -0.39 is 0 Å². The second-order valence-corrected chi connectivity index (χ2v) is 6.83. The van der Waals surface area contributed by atoms with E-state index in [1.54, 1.807) is 60.0 Å². The first-order chi connectivity index (χ1) is 13.1. The number of nitriles is 1. The molecule has 1 amide bonds. The number of carbonyl (C=O) groups is 2. The number of carbonyl (C=O) groups excluding carboxylic acids is 2. The van der Waals surface area contributed by atoms with E-state index in [0.29, 0.717) is 32.5 Å². The van der Waals surface area contributed by atoms with Crippen LogP contribution < -0.4 is 10.1 Å². The third-order valence-electron chi connectivity index (χ3n) is 3.63. The van der Waals surface area contributed by atoms with Gasteiger partial charge >= 0.3 is 0 Å². The number of ketones is 1. The molecule has 5 nitrogen and oxygen atoms in total. The highest BCUT2D eigenvalue weighted by Crippen LogP contribution is 2.22. The van der Waals surface area contributed by atoms with Crippen molar-refractivity contribution in [2.75, 3.05) is 11.9 Å². The molecule has 0 atom stereocenters. The van der Waals surface area contributed by atoms with Gasteiger partial charge in [-0.3, -0.25) is 9.59 Å². The highest BCUT2D eigenvalue weighted by atomic mass is 35.5. The molecule has 0 saturated heterocycles. The van der Waals surface area contributed by atoms with Gasteiger partial charge in [-0.05, 0) is 60.0 Å². The first kappa shape index (κ1) is 18.6. The molecule has 3 rings (SSSR count). The van der Waals surface area contributed by atoms with Crippen LogP contribution in [0.2, 0.25) is 5.02 Å². The van der Waals surface area contributed by atoms with Crippen LogP contribution in [0.3, 0.4) is 0 Å². The van der Waals surface area contributed by atoms with Crippen LogP contribution in [0.15, 0.2) is 60.0 Å². The third-order valence-corrected chi connectivity index (χ3v) is 4.71. The maximum atomic E-state index is 12.4. The smallest absolute Gasteiger partial charge is 0.262 e. The molecule has 7 heteroatoms. The average molecular weight is 397 g/mol. The number of benzene rings is 2. The van der Waals surface area contributed by atoms with Gasteiger partial charge in [0.25, 0.3) is 5.91 Å². The summed E-state index contributed by atoms with van der Waals surface area (Å²) in [6, 6.07) is 16.8. The van der Waals surface area contributed by atoms with E-state index in [1.807, 2.05) is 6.07 Å². The van der Waals surface area contributed by atoms with Crippen molar-refractivity contribution in [1.82, 2.24) is 0 Å². The number of hydrogen-bond acceptors (Lipinski definition) is 5. The Balaban J connectivity index is 1.57. The van der Waals surface area contributed by atoms with Gasteiger partial charge in [-0.2, -0.15) is 5.26 Å². The SMILES string of the molecule is N#Cc1ccsc1NC(=O)COc1ccc(C(=O)c2ccc(Cl)cc2)cc1. The van der Waals surface area contributed by atoms with E-state index in [-0.39, 0.29) is 18.3 Å². The lowest BCUT2D eigenvalue weighted by molar-refractivity contribution is -0.118. The Morgan fingerprint density at radius 1 is 1.04 bits per heavy atom. The van der Waals surface area contributed by atoms with Gasteiger partial charge in [0.15, 0.2) is 12.4 Å². The molecular weight excluding hydrogens is 384 g/mol. The summed E-state index contributed by atoms with van der Waals surface area (Å²) in [4.78, 5) is 24.3. The minimum absolute atomic E-state index is 0.127. The number of nitrogens with one attached hydrogen (secondary N) is 1. The Hall–Kier alpha value is -3.14. The standard InChI is InChI=1S/C20H13ClN2O3S/c21-16-5-1-13(2-6-16)19(25)14-3-7-17(8-4-14)26-12-18(24)23-20-15(11-22)9-10-27-20/h1-10H,12H2,(H,23,24). The molecule has 134 valence electrons. The molecule has 27 heavy (non-hydrogen) atoms. The van der Waals surface area contributed by atoms with Crippen LogP contribution in [0.25, 0.3) is 0 Å². The molecule has 0 radical (unpaired) electrons. The van der Waals surface area contributed by atoms with Crippen LogP contribution in [0.4, 0.5) is 5.00 Å². The van der Waals surface area contributed by atoms with Crippen molar-refractivity contribution in [2.45, 2.75) is 0 Å². The molecule has 2 aromatic carbocycles. The molecule has 0 aliphatic carbocycles. The van der Waals surface area contributed by atoms with Gasteiger partial charge in [-0.25, -0.2) is 0 Å². The highest BCUT2D eigenvalue weighted by molar-refractivity contribution is 7.14. The van der Waals surface area contributed by atoms with Gasteiger partial charge in [-0.1, -0.05) is 11.6 Å². The summed E-state index contributed by atoms with van der Waals surface area (Å²) in [5, 5.41) is 14.4. The normalized spacial score (nSPS) is 10.1. The maximum Gasteiger partial charge on any atom is 0.262 e. The molecule has 3 aromatic rings. The number of rotatable bonds is 6. The minimum atomic E-state index is -0.365. The van der Waals surface area contributed by atoms with Crippen LogP contribution in [0.1, 0.15) is 21.5 Å². The zero-order chi connectivity index (χ0) is 19.2. The summed E-state index contributed by atoms with van der Waals surface area (Å²) >= 11 is 7.10. The molecule has 1 heterocycles. The van der Waals surface area contributed by atoms with Crippen molar-refractivity contribution >= 4 is 39.6 Å². The number of ether oxygens (including phenoxy) is 1. The van der Waals surface area contributed by atoms with Crippen LogP contribution >= 0.6 is 22.9 Å². The van der Waals surface area contributed by atoms with Gasteiger partial charge in [0.05, 0.1) is 5.56 Å². The van der Waals surface area contributed by atoms with Crippen LogP contribution in [-0.2, 0) is 4.79 Å². The molecule has 0 bridgehead atoms. The fraction of sp³-hybridized carbons (Fsp3) is 0.0500. The topological polar surface area (TPSA) is 79.2 Å². The summed E-state index contributed by atoms with van der Waals surface area (Å²) < 4.78 is 5.43. The second kappa shape index (κ2) is 8.49. The molecule has 0 saturated carbocycles. The maximum absolute atomic E-state index is 12.4. The molecule has 1 N–H and O–H groups in total. The molecule has 0 aliphatic rings. The van der Waals surface area contributed by atoms with E-state index in [2.05, 4.69) is 5.32 Å². The highest BCUT2D eigenvalue weighted by Gasteiger charge is 2.11. The van der Waals surface area contributed by atoms with E-state index in [4.69, 9.17) is 21.6 Å². The quantitative estimate of drug-likeness (QED) is 0.621. The molecular formula is C20H13ClN2O3S. The third kappa shape index (κ3) is 4.73. The number of halogens is 1. The predicted octanol–water partition coefficient (Wildman–Crippen LogP) is 4.52. The lowest BCUT2D eigenvalue weighted by atomic mass is 10.0. The first-order valence-electron chi connectivity index (χ1n) is 7.87. The summed E-state index contributed by atoms with van der Waals surface area (Å²) in [5.41, 5.74) is 1.46. The van der Waals surface area contributed by atoms with E-state index >= 15 is 0 Å². The average Bonchev–Trinajstić information content (AvgIpc) is 3.14. The van der Waals surface area contributed by atoms with Crippen molar-refractivity contribution in [2.24, 2.45) is 0 Å². The van der Waals surface area contributed by atoms with Crippen LogP contribution in [0.5, 0.6) is 5.75 Å². The van der Waals surface area contributed by atoms with Crippen molar-refractivity contribution in [1.29, 1.82) is 5.26 Å². The van der Waals surface area contributed by atoms with Gasteiger partial charge in [-0.15, -0.1) is 11.3 Å².